The van der Waals surface area contributed by atoms with Crippen LogP contribution in [-0.4, -0.2) is 25.3 Å². The molecule has 0 amide bonds. The standard InChI is InChI=1S/C10H12FNO4/c1-15-7-4-5(11)3-6(9(7)16-2)8(12)10(13)14/h3-4,8H,12H2,1-2H3,(H,13,14). The van der Waals surface area contributed by atoms with E-state index < -0.39 is 17.8 Å². The summed E-state index contributed by atoms with van der Waals surface area (Å²) in [5, 5.41) is 8.77. The first-order valence-electron chi connectivity index (χ1n) is 4.41. The number of rotatable bonds is 4. The molecule has 1 aromatic rings. The zero-order valence-corrected chi connectivity index (χ0v) is 8.86. The molecule has 1 rings (SSSR count). The maximum atomic E-state index is 13.2. The van der Waals surface area contributed by atoms with Crippen molar-refractivity contribution >= 4 is 5.97 Å². The highest BCUT2D eigenvalue weighted by Crippen LogP contribution is 2.35. The van der Waals surface area contributed by atoms with E-state index in [4.69, 9.17) is 20.3 Å². The van der Waals surface area contributed by atoms with E-state index in [9.17, 15) is 9.18 Å². The first-order chi connectivity index (χ1) is 7.51. The van der Waals surface area contributed by atoms with Gasteiger partial charge in [0.15, 0.2) is 11.5 Å². The predicted octanol–water partition coefficient (Wildman–Crippen LogP) is 0.927. The summed E-state index contributed by atoms with van der Waals surface area (Å²) in [6.07, 6.45) is 0. The number of benzene rings is 1. The summed E-state index contributed by atoms with van der Waals surface area (Å²) in [7, 11) is 2.65. The lowest BCUT2D eigenvalue weighted by molar-refractivity contribution is -0.138. The summed E-state index contributed by atoms with van der Waals surface area (Å²) in [4.78, 5) is 10.7. The van der Waals surface area contributed by atoms with Gasteiger partial charge in [0.25, 0.3) is 0 Å². The Hall–Kier alpha value is -1.82. The maximum Gasteiger partial charge on any atom is 0.325 e. The minimum Gasteiger partial charge on any atom is -0.493 e. The van der Waals surface area contributed by atoms with Crippen LogP contribution in [0, 0.1) is 5.82 Å². The molecule has 0 spiro atoms. The second kappa shape index (κ2) is 4.80. The van der Waals surface area contributed by atoms with E-state index in [1.54, 1.807) is 0 Å². The highest BCUT2D eigenvalue weighted by atomic mass is 19.1. The summed E-state index contributed by atoms with van der Waals surface area (Å²) in [5.74, 6) is -1.68. The molecule has 0 aliphatic rings. The minimum absolute atomic E-state index is 0.0341. The summed E-state index contributed by atoms with van der Waals surface area (Å²) < 4.78 is 23.0. The fourth-order valence-electron chi connectivity index (χ4n) is 1.32. The molecule has 0 fully saturated rings. The molecule has 5 nitrogen and oxygen atoms in total. The first-order valence-corrected chi connectivity index (χ1v) is 4.41. The van der Waals surface area contributed by atoms with Gasteiger partial charge >= 0.3 is 5.97 Å². The molecule has 0 saturated heterocycles. The lowest BCUT2D eigenvalue weighted by Gasteiger charge is -2.15. The van der Waals surface area contributed by atoms with Crippen molar-refractivity contribution < 1.29 is 23.8 Å². The molecule has 0 radical (unpaired) electrons. The molecule has 0 bridgehead atoms. The van der Waals surface area contributed by atoms with Gasteiger partial charge in [0.05, 0.1) is 14.2 Å². The smallest absolute Gasteiger partial charge is 0.325 e. The maximum absolute atomic E-state index is 13.2. The molecule has 1 atom stereocenters. The van der Waals surface area contributed by atoms with Crippen LogP contribution in [0.15, 0.2) is 12.1 Å². The zero-order chi connectivity index (χ0) is 12.3. The number of carboxylic acids is 1. The van der Waals surface area contributed by atoms with Crippen LogP contribution in [0.1, 0.15) is 11.6 Å². The summed E-state index contributed by atoms with van der Waals surface area (Å²) >= 11 is 0. The van der Waals surface area contributed by atoms with Crippen molar-refractivity contribution in [2.75, 3.05) is 14.2 Å². The number of nitrogens with two attached hydrogens (primary N) is 1. The molecule has 6 heteroatoms. The zero-order valence-electron chi connectivity index (χ0n) is 8.86. The molecular formula is C10H12FNO4. The van der Waals surface area contributed by atoms with Crippen molar-refractivity contribution in [3.63, 3.8) is 0 Å². The van der Waals surface area contributed by atoms with E-state index in [2.05, 4.69) is 0 Å². The Morgan fingerprint density at radius 1 is 1.44 bits per heavy atom. The van der Waals surface area contributed by atoms with Gasteiger partial charge in [-0.3, -0.25) is 4.79 Å². The lowest BCUT2D eigenvalue weighted by atomic mass is 10.1. The minimum atomic E-state index is -1.36. The Kier molecular flexibility index (Phi) is 3.68. The van der Waals surface area contributed by atoms with Crippen LogP contribution in [0.25, 0.3) is 0 Å². The third-order valence-corrected chi connectivity index (χ3v) is 2.07. The van der Waals surface area contributed by atoms with Crippen molar-refractivity contribution in [2.24, 2.45) is 5.73 Å². The Morgan fingerprint density at radius 2 is 2.06 bits per heavy atom. The van der Waals surface area contributed by atoms with Gasteiger partial charge in [0.2, 0.25) is 0 Å². The third kappa shape index (κ3) is 2.22. The van der Waals surface area contributed by atoms with Crippen molar-refractivity contribution in [1.82, 2.24) is 0 Å². The SMILES string of the molecule is COc1cc(F)cc(C(N)C(=O)O)c1OC. The second-order valence-electron chi connectivity index (χ2n) is 3.05. The van der Waals surface area contributed by atoms with Gasteiger partial charge in [-0.05, 0) is 6.07 Å². The van der Waals surface area contributed by atoms with Crippen molar-refractivity contribution in [1.29, 1.82) is 0 Å². The van der Waals surface area contributed by atoms with E-state index in [-0.39, 0.29) is 17.1 Å². The molecule has 0 aliphatic heterocycles. The number of halogens is 1. The van der Waals surface area contributed by atoms with Gasteiger partial charge in [-0.1, -0.05) is 0 Å². The first kappa shape index (κ1) is 12.3. The van der Waals surface area contributed by atoms with Gasteiger partial charge in [-0.15, -0.1) is 0 Å². The van der Waals surface area contributed by atoms with Crippen molar-refractivity contribution in [3.8, 4) is 11.5 Å². The lowest BCUT2D eigenvalue weighted by Crippen LogP contribution is -2.21. The molecule has 1 unspecified atom stereocenters. The van der Waals surface area contributed by atoms with Crippen LogP contribution in [0.4, 0.5) is 4.39 Å². The molecule has 0 heterocycles. The second-order valence-corrected chi connectivity index (χ2v) is 3.05. The van der Waals surface area contributed by atoms with E-state index in [0.717, 1.165) is 12.1 Å². The Morgan fingerprint density at radius 3 is 2.50 bits per heavy atom. The molecule has 88 valence electrons. The van der Waals surface area contributed by atoms with Crippen molar-refractivity contribution in [3.05, 3.63) is 23.5 Å². The van der Waals surface area contributed by atoms with Crippen LogP contribution in [0.2, 0.25) is 0 Å². The Balaban J connectivity index is 3.35. The van der Waals surface area contributed by atoms with Crippen LogP contribution in [-0.2, 0) is 4.79 Å². The third-order valence-electron chi connectivity index (χ3n) is 2.07. The van der Waals surface area contributed by atoms with Crippen molar-refractivity contribution in [2.45, 2.75) is 6.04 Å². The topological polar surface area (TPSA) is 81.8 Å². The molecule has 0 aromatic heterocycles. The largest absolute Gasteiger partial charge is 0.493 e. The summed E-state index contributed by atoms with van der Waals surface area (Å²) in [6.45, 7) is 0. The molecule has 16 heavy (non-hydrogen) atoms. The van der Waals surface area contributed by atoms with Gasteiger partial charge < -0.3 is 20.3 Å². The number of carbonyl (C=O) groups is 1. The van der Waals surface area contributed by atoms with E-state index in [1.807, 2.05) is 0 Å². The van der Waals surface area contributed by atoms with Gasteiger partial charge in [0.1, 0.15) is 11.9 Å². The van der Waals surface area contributed by atoms with Gasteiger partial charge in [0, 0.05) is 11.6 Å². The fraction of sp³-hybridized carbons (Fsp3) is 0.300. The highest BCUT2D eigenvalue weighted by molar-refractivity contribution is 5.77. The van der Waals surface area contributed by atoms with E-state index in [0.29, 0.717) is 0 Å². The average molecular weight is 229 g/mol. The fourth-order valence-corrected chi connectivity index (χ4v) is 1.32. The normalized spacial score (nSPS) is 12.0. The number of methoxy groups -OCH3 is 2. The van der Waals surface area contributed by atoms with Crippen LogP contribution >= 0.6 is 0 Å². The molecule has 0 aliphatic carbocycles. The van der Waals surface area contributed by atoms with Crippen LogP contribution in [0.3, 0.4) is 0 Å². The predicted molar refractivity (Wildman–Crippen MR) is 54.1 cm³/mol. The number of hydrogen-bond donors (Lipinski definition) is 2. The molecule has 3 N–H and O–H groups in total. The van der Waals surface area contributed by atoms with Gasteiger partial charge in [-0.25, -0.2) is 4.39 Å². The monoisotopic (exact) mass is 229 g/mol. The Labute approximate surface area is 91.6 Å². The van der Waals surface area contributed by atoms with Crippen LogP contribution in [0.5, 0.6) is 11.5 Å². The average Bonchev–Trinajstić information content (AvgIpc) is 2.26. The van der Waals surface area contributed by atoms with E-state index in [1.165, 1.54) is 14.2 Å². The Bertz CT molecular complexity index is 408. The number of hydrogen-bond acceptors (Lipinski definition) is 4. The molecule has 1 aromatic carbocycles. The van der Waals surface area contributed by atoms with E-state index >= 15 is 0 Å². The highest BCUT2D eigenvalue weighted by Gasteiger charge is 2.22. The number of carboxylic acid groups (broad SMARTS) is 1. The number of aliphatic carboxylic acids is 1. The summed E-state index contributed by atoms with van der Waals surface area (Å²) in [6, 6.07) is 0.747. The number of ether oxygens (including phenoxy) is 2. The molecular weight excluding hydrogens is 217 g/mol. The van der Waals surface area contributed by atoms with Crippen LogP contribution < -0.4 is 15.2 Å². The quantitative estimate of drug-likeness (QED) is 0.802. The summed E-state index contributed by atoms with van der Waals surface area (Å²) in [5.41, 5.74) is 5.44. The molecule has 0 saturated carbocycles. The van der Waals surface area contributed by atoms with Gasteiger partial charge in [-0.2, -0.15) is 0 Å².